The van der Waals surface area contributed by atoms with E-state index in [9.17, 15) is 4.79 Å². The highest BCUT2D eigenvalue weighted by molar-refractivity contribution is 5.95. The van der Waals surface area contributed by atoms with Crippen molar-refractivity contribution in [1.29, 1.82) is 0 Å². The molecule has 148 valence electrons. The number of rotatable bonds is 6. The number of aryl methyl sites for hydroxylation is 2. The van der Waals surface area contributed by atoms with E-state index < -0.39 is 0 Å². The van der Waals surface area contributed by atoms with E-state index in [1.54, 1.807) is 4.80 Å². The van der Waals surface area contributed by atoms with Crippen LogP contribution in [0.1, 0.15) is 38.8 Å². The fourth-order valence-electron chi connectivity index (χ4n) is 3.24. The molecule has 1 aromatic heterocycles. The fourth-order valence-corrected chi connectivity index (χ4v) is 3.24. The Morgan fingerprint density at radius 1 is 1.04 bits per heavy atom. The summed E-state index contributed by atoms with van der Waals surface area (Å²) in [7, 11) is 0. The largest absolute Gasteiger partial charge is 0.372 e. The smallest absolute Gasteiger partial charge is 0.226 e. The predicted octanol–water partition coefficient (Wildman–Crippen LogP) is 4.48. The maximum absolute atomic E-state index is 12.1. The zero-order valence-corrected chi connectivity index (χ0v) is 17.6. The average molecular weight is 380 g/mol. The van der Waals surface area contributed by atoms with E-state index in [2.05, 4.69) is 59.4 Å². The minimum Gasteiger partial charge on any atom is -0.372 e. The Bertz CT molecular complexity index is 1000. The molecule has 0 aliphatic rings. The summed E-state index contributed by atoms with van der Waals surface area (Å²) < 4.78 is 0. The third-order valence-corrected chi connectivity index (χ3v) is 5.03. The summed E-state index contributed by atoms with van der Waals surface area (Å²) in [5.74, 6) is -0.0737. The second-order valence-corrected chi connectivity index (χ2v) is 7.43. The molecule has 6 nitrogen and oxygen atoms in total. The quantitative estimate of drug-likeness (QED) is 0.686. The lowest BCUT2D eigenvalue weighted by Gasteiger charge is -2.22. The molecular formula is C22H29N5O. The van der Waals surface area contributed by atoms with E-state index in [0.717, 1.165) is 46.6 Å². The molecule has 6 heteroatoms. The Morgan fingerprint density at radius 2 is 1.68 bits per heavy atom. The lowest BCUT2D eigenvalue weighted by atomic mass is 10.1. The SMILES string of the molecule is CCN(CC)c1ccc(-n2nc3cc(C)c(NC(=O)C(C)C)cc3n2)c(C)c1. The summed E-state index contributed by atoms with van der Waals surface area (Å²) >= 11 is 0. The average Bonchev–Trinajstić information content (AvgIpc) is 3.05. The lowest BCUT2D eigenvalue weighted by Crippen LogP contribution is -2.21. The van der Waals surface area contributed by atoms with E-state index >= 15 is 0 Å². The van der Waals surface area contributed by atoms with Crippen molar-refractivity contribution in [2.24, 2.45) is 5.92 Å². The van der Waals surface area contributed by atoms with Crippen LogP contribution < -0.4 is 10.2 Å². The molecule has 28 heavy (non-hydrogen) atoms. The molecule has 0 atom stereocenters. The highest BCUT2D eigenvalue weighted by Crippen LogP contribution is 2.25. The number of hydrogen-bond acceptors (Lipinski definition) is 4. The van der Waals surface area contributed by atoms with Crippen LogP contribution in [-0.2, 0) is 4.79 Å². The van der Waals surface area contributed by atoms with Gasteiger partial charge in [-0.05, 0) is 69.2 Å². The molecule has 2 aromatic carbocycles. The number of carbonyl (C=O) groups is 1. The molecule has 0 fully saturated rings. The second kappa shape index (κ2) is 8.00. The van der Waals surface area contributed by atoms with E-state index in [1.807, 2.05) is 32.9 Å². The first-order valence-electron chi connectivity index (χ1n) is 9.88. The van der Waals surface area contributed by atoms with Gasteiger partial charge in [-0.25, -0.2) is 0 Å². The molecule has 0 unspecified atom stereocenters. The Labute approximate surface area is 166 Å². The zero-order valence-electron chi connectivity index (χ0n) is 17.6. The van der Waals surface area contributed by atoms with Crippen molar-refractivity contribution in [1.82, 2.24) is 15.0 Å². The number of hydrogen-bond donors (Lipinski definition) is 1. The van der Waals surface area contributed by atoms with Gasteiger partial charge in [0.25, 0.3) is 0 Å². The minimum atomic E-state index is -0.0715. The monoisotopic (exact) mass is 379 g/mol. The summed E-state index contributed by atoms with van der Waals surface area (Å²) in [4.78, 5) is 16.0. The van der Waals surface area contributed by atoms with Gasteiger partial charge in [-0.15, -0.1) is 10.2 Å². The van der Waals surface area contributed by atoms with Gasteiger partial charge in [0.15, 0.2) is 0 Å². The molecule has 0 saturated carbocycles. The third kappa shape index (κ3) is 3.86. The normalized spacial score (nSPS) is 11.2. The Kier molecular flexibility index (Phi) is 5.68. The van der Waals surface area contributed by atoms with Crippen LogP contribution in [0.5, 0.6) is 0 Å². The number of fused-ring (bicyclic) bond motifs is 1. The van der Waals surface area contributed by atoms with Crippen molar-refractivity contribution in [3.8, 4) is 5.69 Å². The predicted molar refractivity (Wildman–Crippen MR) is 115 cm³/mol. The summed E-state index contributed by atoms with van der Waals surface area (Å²) in [6.07, 6.45) is 0. The zero-order chi connectivity index (χ0) is 20.4. The van der Waals surface area contributed by atoms with Crippen molar-refractivity contribution in [2.45, 2.75) is 41.5 Å². The highest BCUT2D eigenvalue weighted by Gasteiger charge is 2.14. The lowest BCUT2D eigenvalue weighted by molar-refractivity contribution is -0.118. The van der Waals surface area contributed by atoms with Crippen LogP contribution in [0.4, 0.5) is 11.4 Å². The van der Waals surface area contributed by atoms with Gasteiger partial charge < -0.3 is 10.2 Å². The van der Waals surface area contributed by atoms with Crippen LogP contribution in [0.15, 0.2) is 30.3 Å². The van der Waals surface area contributed by atoms with Gasteiger partial charge in [0.2, 0.25) is 5.91 Å². The van der Waals surface area contributed by atoms with Gasteiger partial charge in [-0.1, -0.05) is 13.8 Å². The van der Waals surface area contributed by atoms with Crippen LogP contribution in [0.3, 0.4) is 0 Å². The molecular weight excluding hydrogens is 350 g/mol. The topological polar surface area (TPSA) is 63.1 Å². The van der Waals surface area contributed by atoms with Crippen LogP contribution in [0.2, 0.25) is 0 Å². The van der Waals surface area contributed by atoms with Gasteiger partial charge in [0, 0.05) is 30.4 Å². The number of aromatic nitrogens is 3. The van der Waals surface area contributed by atoms with Crippen LogP contribution >= 0.6 is 0 Å². The Hall–Kier alpha value is -2.89. The van der Waals surface area contributed by atoms with Crippen molar-refractivity contribution < 1.29 is 4.79 Å². The first-order chi connectivity index (χ1) is 13.3. The van der Waals surface area contributed by atoms with Crippen molar-refractivity contribution in [2.75, 3.05) is 23.3 Å². The number of benzene rings is 2. The Balaban J connectivity index is 1.97. The third-order valence-electron chi connectivity index (χ3n) is 5.03. The number of anilines is 2. The Morgan fingerprint density at radius 3 is 2.25 bits per heavy atom. The van der Waals surface area contributed by atoms with Crippen LogP contribution in [0.25, 0.3) is 16.7 Å². The minimum absolute atomic E-state index is 0.00215. The van der Waals surface area contributed by atoms with E-state index in [1.165, 1.54) is 5.69 Å². The van der Waals surface area contributed by atoms with E-state index in [0.29, 0.717) is 0 Å². The van der Waals surface area contributed by atoms with Crippen molar-refractivity contribution >= 4 is 28.3 Å². The van der Waals surface area contributed by atoms with Crippen LogP contribution in [-0.4, -0.2) is 34.0 Å². The first kappa shape index (κ1) is 19.9. The summed E-state index contributed by atoms with van der Waals surface area (Å²) in [5.41, 5.74) is 6.61. The summed E-state index contributed by atoms with van der Waals surface area (Å²) in [5, 5.41) is 12.3. The standard InChI is InChI=1S/C22H29N5O/c1-7-26(8-2)17-9-10-21(16(6)11-17)27-24-19-12-15(5)18(13-20(19)25-27)23-22(28)14(3)4/h9-14H,7-8H2,1-6H3,(H,23,28). The molecule has 1 amide bonds. The molecule has 3 aromatic rings. The molecule has 0 aliphatic heterocycles. The van der Waals surface area contributed by atoms with Gasteiger partial charge in [-0.3, -0.25) is 4.79 Å². The number of nitrogens with zero attached hydrogens (tertiary/aromatic N) is 4. The molecule has 1 N–H and O–H groups in total. The number of amides is 1. The molecule has 0 saturated heterocycles. The summed E-state index contributed by atoms with van der Waals surface area (Å²) in [6, 6.07) is 10.2. The van der Waals surface area contributed by atoms with Gasteiger partial charge in [0.05, 0.1) is 5.69 Å². The molecule has 0 aliphatic carbocycles. The number of nitrogens with one attached hydrogen (secondary N) is 1. The maximum atomic E-state index is 12.1. The number of carbonyl (C=O) groups excluding carboxylic acids is 1. The maximum Gasteiger partial charge on any atom is 0.226 e. The molecule has 3 rings (SSSR count). The summed E-state index contributed by atoms with van der Waals surface area (Å²) in [6.45, 7) is 14.1. The second-order valence-electron chi connectivity index (χ2n) is 7.43. The molecule has 0 spiro atoms. The van der Waals surface area contributed by atoms with E-state index in [-0.39, 0.29) is 11.8 Å². The first-order valence-corrected chi connectivity index (χ1v) is 9.88. The van der Waals surface area contributed by atoms with Crippen molar-refractivity contribution in [3.05, 3.63) is 41.5 Å². The van der Waals surface area contributed by atoms with E-state index in [4.69, 9.17) is 0 Å². The van der Waals surface area contributed by atoms with Gasteiger partial charge in [0.1, 0.15) is 11.0 Å². The molecule has 0 bridgehead atoms. The van der Waals surface area contributed by atoms with Gasteiger partial charge >= 0.3 is 0 Å². The molecule has 0 radical (unpaired) electrons. The fraction of sp³-hybridized carbons (Fsp3) is 0.409. The van der Waals surface area contributed by atoms with Crippen LogP contribution in [0, 0.1) is 19.8 Å². The van der Waals surface area contributed by atoms with Crippen molar-refractivity contribution in [3.63, 3.8) is 0 Å². The van der Waals surface area contributed by atoms with Gasteiger partial charge in [-0.2, -0.15) is 4.80 Å². The molecule has 1 heterocycles. The highest BCUT2D eigenvalue weighted by atomic mass is 16.1.